The molecule has 4 heteroatoms. The highest BCUT2D eigenvalue weighted by Crippen LogP contribution is 2.32. The molecule has 0 aromatic heterocycles. The van der Waals surface area contributed by atoms with Gasteiger partial charge in [0, 0.05) is 14.8 Å². The molecule has 2 aromatic rings. The van der Waals surface area contributed by atoms with Crippen LogP contribution < -0.4 is 0 Å². The first kappa shape index (κ1) is 13.4. The van der Waals surface area contributed by atoms with Crippen molar-refractivity contribution >= 4 is 23.4 Å². The van der Waals surface area contributed by atoms with Crippen LogP contribution in [0, 0.1) is 5.82 Å². The predicted octanol–water partition coefficient (Wildman–Crippen LogP) is 4.68. The molecule has 0 saturated carbocycles. The van der Waals surface area contributed by atoms with Gasteiger partial charge in [0.2, 0.25) is 0 Å². The third-order valence-electron chi connectivity index (χ3n) is 2.46. The maximum Gasteiger partial charge on any atom is 0.137 e. The fraction of sp³-hybridized carbons (Fsp3) is 0.143. The van der Waals surface area contributed by atoms with Crippen LogP contribution in [0.3, 0.4) is 0 Å². The highest BCUT2D eigenvalue weighted by atomic mass is 35.5. The van der Waals surface area contributed by atoms with Crippen LogP contribution in [0.4, 0.5) is 4.39 Å². The van der Waals surface area contributed by atoms with Crippen LogP contribution in [0.2, 0.25) is 5.02 Å². The number of halogens is 2. The molecule has 0 unspecified atom stereocenters. The minimum Gasteiger partial charge on any atom is -0.389 e. The highest BCUT2D eigenvalue weighted by molar-refractivity contribution is 7.99. The van der Waals surface area contributed by atoms with Gasteiger partial charge in [0.15, 0.2) is 0 Å². The van der Waals surface area contributed by atoms with E-state index >= 15 is 0 Å². The first-order valence-corrected chi connectivity index (χ1v) is 6.66. The first-order valence-electron chi connectivity index (χ1n) is 5.47. The molecule has 18 heavy (non-hydrogen) atoms. The Bertz CT molecular complexity index is 557. The molecule has 2 aromatic carbocycles. The predicted molar refractivity (Wildman–Crippen MR) is 72.6 cm³/mol. The zero-order chi connectivity index (χ0) is 13.1. The van der Waals surface area contributed by atoms with Gasteiger partial charge in [-0.2, -0.15) is 0 Å². The number of rotatable bonds is 3. The van der Waals surface area contributed by atoms with Crippen molar-refractivity contribution in [3.05, 3.63) is 58.9 Å². The van der Waals surface area contributed by atoms with E-state index in [1.54, 1.807) is 31.2 Å². The average Bonchev–Trinajstić information content (AvgIpc) is 2.31. The Labute approximate surface area is 115 Å². The number of aliphatic hydroxyl groups excluding tert-OH is 1. The second kappa shape index (κ2) is 5.74. The molecule has 0 aliphatic heterocycles. The highest BCUT2D eigenvalue weighted by Gasteiger charge is 2.08. The Morgan fingerprint density at radius 3 is 2.61 bits per heavy atom. The maximum absolute atomic E-state index is 13.8. The molecule has 1 N–H and O–H groups in total. The van der Waals surface area contributed by atoms with Crippen molar-refractivity contribution < 1.29 is 9.50 Å². The molecule has 2 rings (SSSR count). The smallest absolute Gasteiger partial charge is 0.137 e. The summed E-state index contributed by atoms with van der Waals surface area (Å²) in [6.45, 7) is 1.61. The molecule has 0 aliphatic rings. The maximum atomic E-state index is 13.8. The summed E-state index contributed by atoms with van der Waals surface area (Å²) in [7, 11) is 0. The summed E-state index contributed by atoms with van der Waals surface area (Å²) in [4.78, 5) is 1.40. The van der Waals surface area contributed by atoms with Gasteiger partial charge < -0.3 is 5.11 Å². The SMILES string of the molecule is C[C@@H](O)c1ccc(Sc2cccc(Cl)c2)c(F)c1. The summed E-state index contributed by atoms with van der Waals surface area (Å²) in [6.07, 6.45) is -0.662. The van der Waals surface area contributed by atoms with E-state index in [1.165, 1.54) is 17.8 Å². The summed E-state index contributed by atoms with van der Waals surface area (Å²) < 4.78 is 13.8. The van der Waals surface area contributed by atoms with E-state index in [1.807, 2.05) is 12.1 Å². The Kier molecular flexibility index (Phi) is 4.27. The number of hydrogen-bond donors (Lipinski definition) is 1. The molecule has 0 fully saturated rings. The normalized spacial score (nSPS) is 12.4. The quantitative estimate of drug-likeness (QED) is 0.882. The zero-order valence-corrected chi connectivity index (χ0v) is 11.3. The first-order chi connectivity index (χ1) is 8.56. The van der Waals surface area contributed by atoms with E-state index < -0.39 is 6.10 Å². The molecule has 1 nitrogen and oxygen atoms in total. The minimum absolute atomic E-state index is 0.335. The largest absolute Gasteiger partial charge is 0.389 e. The molecule has 94 valence electrons. The van der Waals surface area contributed by atoms with Crippen molar-refractivity contribution in [1.82, 2.24) is 0 Å². The minimum atomic E-state index is -0.662. The molecular weight excluding hydrogens is 271 g/mol. The topological polar surface area (TPSA) is 20.2 Å². The van der Waals surface area contributed by atoms with Crippen molar-refractivity contribution in [2.75, 3.05) is 0 Å². The molecule has 0 heterocycles. The summed E-state index contributed by atoms with van der Waals surface area (Å²) in [5.41, 5.74) is 0.572. The summed E-state index contributed by atoms with van der Waals surface area (Å²) >= 11 is 7.19. The van der Waals surface area contributed by atoms with Gasteiger partial charge in [-0.25, -0.2) is 4.39 Å². The second-order valence-corrected chi connectivity index (χ2v) is 5.48. The van der Waals surface area contributed by atoms with E-state index in [-0.39, 0.29) is 5.82 Å². The standard InChI is InChI=1S/C14H12ClFOS/c1-9(17)10-5-6-14(13(16)7-10)18-12-4-2-3-11(15)8-12/h2-9,17H,1H3/t9-/m1/s1. The number of benzene rings is 2. The molecular formula is C14H12ClFOS. The third kappa shape index (κ3) is 3.25. The van der Waals surface area contributed by atoms with E-state index in [0.717, 1.165) is 4.90 Å². The number of hydrogen-bond acceptors (Lipinski definition) is 2. The Morgan fingerprint density at radius 2 is 2.00 bits per heavy atom. The van der Waals surface area contributed by atoms with Crippen LogP contribution >= 0.6 is 23.4 Å². The van der Waals surface area contributed by atoms with E-state index in [4.69, 9.17) is 11.6 Å². The van der Waals surface area contributed by atoms with Gasteiger partial charge in [-0.05, 0) is 42.8 Å². The van der Waals surface area contributed by atoms with Crippen LogP contribution in [-0.4, -0.2) is 5.11 Å². The number of aliphatic hydroxyl groups is 1. The zero-order valence-electron chi connectivity index (χ0n) is 9.73. The second-order valence-electron chi connectivity index (χ2n) is 3.93. The van der Waals surface area contributed by atoms with Crippen molar-refractivity contribution in [2.24, 2.45) is 0 Å². The van der Waals surface area contributed by atoms with Crippen LogP contribution in [-0.2, 0) is 0 Å². The van der Waals surface area contributed by atoms with Crippen molar-refractivity contribution in [1.29, 1.82) is 0 Å². The molecule has 0 radical (unpaired) electrons. The molecule has 0 amide bonds. The Morgan fingerprint density at radius 1 is 1.22 bits per heavy atom. The van der Waals surface area contributed by atoms with E-state index in [9.17, 15) is 9.50 Å². The average molecular weight is 283 g/mol. The van der Waals surface area contributed by atoms with Gasteiger partial charge in [0.05, 0.1) is 6.10 Å². The molecule has 0 bridgehead atoms. The summed E-state index contributed by atoms with van der Waals surface area (Å²) in [6, 6.07) is 12.0. The molecule has 0 aliphatic carbocycles. The summed E-state index contributed by atoms with van der Waals surface area (Å²) in [5.74, 6) is -0.335. The van der Waals surface area contributed by atoms with Gasteiger partial charge in [-0.1, -0.05) is 35.5 Å². The molecule has 0 spiro atoms. The monoisotopic (exact) mass is 282 g/mol. The van der Waals surface area contributed by atoms with Crippen molar-refractivity contribution in [3.8, 4) is 0 Å². The lowest BCUT2D eigenvalue weighted by Gasteiger charge is -2.08. The lowest BCUT2D eigenvalue weighted by atomic mass is 10.1. The Balaban J connectivity index is 2.24. The van der Waals surface area contributed by atoms with E-state index in [2.05, 4.69) is 0 Å². The molecule has 0 saturated heterocycles. The Hall–Kier alpha value is -1.03. The summed E-state index contributed by atoms with van der Waals surface area (Å²) in [5, 5.41) is 10.0. The fourth-order valence-electron chi connectivity index (χ4n) is 1.52. The van der Waals surface area contributed by atoms with Crippen LogP contribution in [0.5, 0.6) is 0 Å². The lowest BCUT2D eigenvalue weighted by Crippen LogP contribution is -1.92. The van der Waals surface area contributed by atoms with Crippen LogP contribution in [0.1, 0.15) is 18.6 Å². The lowest BCUT2D eigenvalue weighted by molar-refractivity contribution is 0.198. The van der Waals surface area contributed by atoms with Crippen molar-refractivity contribution in [3.63, 3.8) is 0 Å². The van der Waals surface area contributed by atoms with Gasteiger partial charge in [0.25, 0.3) is 0 Å². The van der Waals surface area contributed by atoms with Crippen molar-refractivity contribution in [2.45, 2.75) is 22.8 Å². The van der Waals surface area contributed by atoms with Gasteiger partial charge in [0.1, 0.15) is 5.82 Å². The van der Waals surface area contributed by atoms with Crippen LogP contribution in [0.15, 0.2) is 52.3 Å². The third-order valence-corrected chi connectivity index (χ3v) is 3.74. The van der Waals surface area contributed by atoms with Gasteiger partial charge in [-0.15, -0.1) is 0 Å². The van der Waals surface area contributed by atoms with E-state index in [0.29, 0.717) is 15.5 Å². The van der Waals surface area contributed by atoms with Crippen LogP contribution in [0.25, 0.3) is 0 Å². The van der Waals surface area contributed by atoms with Gasteiger partial charge in [-0.3, -0.25) is 0 Å². The van der Waals surface area contributed by atoms with Gasteiger partial charge >= 0.3 is 0 Å². The molecule has 1 atom stereocenters. The fourth-order valence-corrected chi connectivity index (χ4v) is 2.65.